The van der Waals surface area contributed by atoms with Crippen molar-refractivity contribution in [2.24, 2.45) is 11.8 Å². The lowest BCUT2D eigenvalue weighted by molar-refractivity contribution is -0.344. The Balaban J connectivity index is 1.28. The van der Waals surface area contributed by atoms with Crippen LogP contribution in [0.25, 0.3) is 6.08 Å². The van der Waals surface area contributed by atoms with Crippen molar-refractivity contribution in [1.29, 1.82) is 0 Å². The highest BCUT2D eigenvalue weighted by molar-refractivity contribution is 5.87. The number of esters is 1. The summed E-state index contributed by atoms with van der Waals surface area (Å²) in [7, 11) is 1.56. The van der Waals surface area contributed by atoms with E-state index in [0.29, 0.717) is 5.75 Å². The first-order chi connectivity index (χ1) is 17.8. The smallest absolute Gasteiger partial charge is 0.331 e. The van der Waals surface area contributed by atoms with E-state index in [1.807, 2.05) is 0 Å². The molecule has 0 spiro atoms. The normalized spacial score (nSPS) is 42.1. The topological polar surface area (TPSA) is 177 Å². The second kappa shape index (κ2) is 10.3. The zero-order valence-corrected chi connectivity index (χ0v) is 19.9. The van der Waals surface area contributed by atoms with Gasteiger partial charge in [0.2, 0.25) is 6.29 Å². The lowest BCUT2D eigenvalue weighted by atomic mass is 9.85. The molecule has 5 N–H and O–H groups in total. The lowest BCUT2D eigenvalue weighted by Crippen LogP contribution is -2.60. The standard InChI is InChI=1S/C25H30O12/c1-32-13-5-2-12(3-6-13)4-7-16(28)35-21-14-8-9-33-23(17(14)25(11-27)22(21)37-25)36-24-20(31)19(30)18(29)15(10-26)34-24/h2-9,14-15,17-24,26-27,29-31H,10-11H2,1H3/b7-4+/t14?,15-,17?,18-,19-,20-,21+,22?,23?,24+,25+/m1/s1. The Morgan fingerprint density at radius 3 is 2.51 bits per heavy atom. The predicted octanol–water partition coefficient (Wildman–Crippen LogP) is -1.32. The number of epoxide rings is 1. The Hall–Kier alpha value is -2.55. The number of hydrogen-bond donors (Lipinski definition) is 5. The van der Waals surface area contributed by atoms with E-state index in [-0.39, 0.29) is 0 Å². The van der Waals surface area contributed by atoms with Crippen LogP contribution in [0.15, 0.2) is 42.7 Å². The van der Waals surface area contributed by atoms with E-state index < -0.39 is 85.8 Å². The largest absolute Gasteiger partial charge is 0.497 e. The van der Waals surface area contributed by atoms with Gasteiger partial charge in [-0.1, -0.05) is 12.1 Å². The van der Waals surface area contributed by atoms with Gasteiger partial charge in [-0.05, 0) is 29.8 Å². The number of fused-ring (bicyclic) bond motifs is 3. The van der Waals surface area contributed by atoms with Gasteiger partial charge < -0.3 is 54.0 Å². The monoisotopic (exact) mass is 522 g/mol. The minimum absolute atomic E-state index is 0.402. The van der Waals surface area contributed by atoms with Crippen molar-refractivity contribution >= 4 is 12.0 Å². The van der Waals surface area contributed by atoms with Crippen molar-refractivity contribution in [2.45, 2.75) is 54.8 Å². The summed E-state index contributed by atoms with van der Waals surface area (Å²) < 4.78 is 33.5. The fraction of sp³-hybridized carbons (Fsp3) is 0.560. The van der Waals surface area contributed by atoms with Gasteiger partial charge in [0, 0.05) is 12.0 Å². The second-order valence-electron chi connectivity index (χ2n) is 9.43. The molecule has 0 amide bonds. The van der Waals surface area contributed by atoms with Crippen LogP contribution in [0.1, 0.15) is 5.56 Å². The minimum Gasteiger partial charge on any atom is -0.497 e. The van der Waals surface area contributed by atoms with Gasteiger partial charge in [0.15, 0.2) is 6.29 Å². The van der Waals surface area contributed by atoms with E-state index in [1.165, 1.54) is 12.3 Å². The fourth-order valence-electron chi connectivity index (χ4n) is 5.34. The number of carbonyl (C=O) groups excluding carboxylic acids is 1. The average molecular weight is 523 g/mol. The highest BCUT2D eigenvalue weighted by atomic mass is 16.8. The lowest BCUT2D eigenvalue weighted by Gasteiger charge is -2.43. The Morgan fingerprint density at radius 1 is 1.08 bits per heavy atom. The molecule has 12 heteroatoms. The van der Waals surface area contributed by atoms with Gasteiger partial charge in [0.05, 0.1) is 32.5 Å². The van der Waals surface area contributed by atoms with E-state index >= 15 is 0 Å². The Morgan fingerprint density at radius 2 is 1.84 bits per heavy atom. The van der Waals surface area contributed by atoms with Gasteiger partial charge in [-0.15, -0.1) is 0 Å². The summed E-state index contributed by atoms with van der Waals surface area (Å²) in [6, 6.07) is 7.11. The molecular weight excluding hydrogens is 492 g/mol. The van der Waals surface area contributed by atoms with Crippen molar-refractivity contribution in [3.63, 3.8) is 0 Å². The van der Waals surface area contributed by atoms with Crippen molar-refractivity contribution < 1.29 is 58.7 Å². The van der Waals surface area contributed by atoms with Gasteiger partial charge in [-0.2, -0.15) is 0 Å². The molecule has 3 heterocycles. The zero-order valence-electron chi connectivity index (χ0n) is 19.9. The third kappa shape index (κ3) is 4.64. The highest BCUT2D eigenvalue weighted by Gasteiger charge is 2.77. The van der Waals surface area contributed by atoms with Gasteiger partial charge >= 0.3 is 5.97 Å². The van der Waals surface area contributed by atoms with Crippen molar-refractivity contribution in [2.75, 3.05) is 20.3 Å². The average Bonchev–Trinajstić information content (AvgIpc) is 3.60. The molecular formula is C25H30O12. The second-order valence-corrected chi connectivity index (χ2v) is 9.43. The van der Waals surface area contributed by atoms with Crippen LogP contribution in [-0.2, 0) is 28.5 Å². The molecule has 1 saturated carbocycles. The van der Waals surface area contributed by atoms with E-state index in [0.717, 1.165) is 5.56 Å². The molecule has 12 nitrogen and oxygen atoms in total. The van der Waals surface area contributed by atoms with Crippen LogP contribution in [0.4, 0.5) is 0 Å². The Labute approximate surface area is 212 Å². The number of aliphatic hydroxyl groups is 5. The molecule has 202 valence electrons. The first-order valence-corrected chi connectivity index (χ1v) is 11.9. The molecule has 1 aliphatic carbocycles. The predicted molar refractivity (Wildman–Crippen MR) is 122 cm³/mol. The maximum Gasteiger partial charge on any atom is 0.331 e. The van der Waals surface area contributed by atoms with Gasteiger partial charge in [0.25, 0.3) is 0 Å². The molecule has 1 aromatic rings. The van der Waals surface area contributed by atoms with E-state index in [2.05, 4.69) is 0 Å². The van der Waals surface area contributed by atoms with Gasteiger partial charge in [0.1, 0.15) is 48.0 Å². The molecule has 2 saturated heterocycles. The fourth-order valence-corrected chi connectivity index (χ4v) is 5.34. The minimum atomic E-state index is -1.63. The Kier molecular flexibility index (Phi) is 7.27. The molecule has 4 unspecified atom stereocenters. The van der Waals surface area contributed by atoms with E-state index in [1.54, 1.807) is 43.5 Å². The van der Waals surface area contributed by atoms with Crippen LogP contribution in [0.2, 0.25) is 0 Å². The van der Waals surface area contributed by atoms with Crippen LogP contribution in [0, 0.1) is 11.8 Å². The molecule has 5 rings (SSSR count). The molecule has 1 aromatic carbocycles. The van der Waals surface area contributed by atoms with Crippen molar-refractivity contribution in [3.05, 3.63) is 48.2 Å². The van der Waals surface area contributed by atoms with Gasteiger partial charge in [-0.25, -0.2) is 4.79 Å². The van der Waals surface area contributed by atoms with Crippen LogP contribution in [-0.4, -0.2) is 107 Å². The number of rotatable bonds is 8. The molecule has 0 radical (unpaired) electrons. The number of carbonyl (C=O) groups is 1. The molecule has 3 aliphatic heterocycles. The number of aliphatic hydroxyl groups excluding tert-OH is 5. The van der Waals surface area contributed by atoms with Crippen molar-refractivity contribution in [1.82, 2.24) is 0 Å². The maximum absolute atomic E-state index is 12.6. The Bertz CT molecular complexity index is 1030. The first kappa shape index (κ1) is 26.1. The zero-order chi connectivity index (χ0) is 26.3. The summed E-state index contributed by atoms with van der Waals surface area (Å²) in [6.07, 6.45) is -3.94. The summed E-state index contributed by atoms with van der Waals surface area (Å²) in [5.41, 5.74) is -0.341. The van der Waals surface area contributed by atoms with Gasteiger partial charge in [-0.3, -0.25) is 0 Å². The molecule has 0 aromatic heterocycles. The number of benzene rings is 1. The number of methoxy groups -OCH3 is 1. The maximum atomic E-state index is 12.6. The third-order valence-corrected chi connectivity index (χ3v) is 7.38. The molecule has 11 atom stereocenters. The number of hydrogen-bond acceptors (Lipinski definition) is 12. The third-order valence-electron chi connectivity index (χ3n) is 7.38. The van der Waals surface area contributed by atoms with Crippen LogP contribution < -0.4 is 4.74 Å². The van der Waals surface area contributed by atoms with Crippen LogP contribution in [0.5, 0.6) is 5.75 Å². The molecule has 3 fully saturated rings. The van der Waals surface area contributed by atoms with Crippen molar-refractivity contribution in [3.8, 4) is 5.75 Å². The summed E-state index contributed by atoms with van der Waals surface area (Å²) in [5.74, 6) is -1.01. The summed E-state index contributed by atoms with van der Waals surface area (Å²) >= 11 is 0. The van der Waals surface area contributed by atoms with E-state index in [9.17, 15) is 30.3 Å². The first-order valence-electron chi connectivity index (χ1n) is 11.9. The van der Waals surface area contributed by atoms with E-state index in [4.69, 9.17) is 28.4 Å². The van der Waals surface area contributed by atoms with Crippen LogP contribution in [0.3, 0.4) is 0 Å². The summed E-state index contributed by atoms with van der Waals surface area (Å²) in [6.45, 7) is -1.02. The summed E-state index contributed by atoms with van der Waals surface area (Å²) in [5, 5.41) is 50.1. The molecule has 4 aliphatic rings. The SMILES string of the molecule is COc1ccc(/C=C/C(=O)O[C@H]2C3C=COC(O[C@@H]4O[C@H](CO)[C@@H](O)[C@@H](O)[C@H]4O)C3[C@]3(CO)OC23)cc1. The highest BCUT2D eigenvalue weighted by Crippen LogP contribution is 2.60. The van der Waals surface area contributed by atoms with Crippen LogP contribution >= 0.6 is 0 Å². The quantitative estimate of drug-likeness (QED) is 0.155. The molecule has 0 bridgehead atoms. The number of ether oxygens (including phenoxy) is 6. The molecule has 37 heavy (non-hydrogen) atoms. The summed E-state index contributed by atoms with van der Waals surface area (Å²) in [4.78, 5) is 12.6.